The van der Waals surface area contributed by atoms with Gasteiger partial charge in [0.2, 0.25) is 0 Å². The van der Waals surface area contributed by atoms with Crippen LogP contribution in [-0.4, -0.2) is 29.9 Å². The summed E-state index contributed by atoms with van der Waals surface area (Å²) >= 11 is 0. The SMILES string of the molecule is CCOC(=O)OC1/C=C/CC(C)(C(=O)O)CCC1. The van der Waals surface area contributed by atoms with Crippen molar-refractivity contribution in [1.82, 2.24) is 0 Å². The fourth-order valence-corrected chi connectivity index (χ4v) is 1.94. The number of rotatable bonds is 3. The normalized spacial score (nSPS) is 29.8. The Morgan fingerprint density at radius 3 is 2.83 bits per heavy atom. The summed E-state index contributed by atoms with van der Waals surface area (Å²) in [5.41, 5.74) is -0.717. The van der Waals surface area contributed by atoms with E-state index in [1.165, 1.54) is 0 Å². The molecule has 0 radical (unpaired) electrons. The van der Waals surface area contributed by atoms with Gasteiger partial charge in [0.05, 0.1) is 12.0 Å². The van der Waals surface area contributed by atoms with Crippen molar-refractivity contribution in [3.05, 3.63) is 12.2 Å². The first-order valence-electron chi connectivity index (χ1n) is 6.21. The molecular formula is C13H20O5. The summed E-state index contributed by atoms with van der Waals surface area (Å²) < 4.78 is 9.81. The smallest absolute Gasteiger partial charge is 0.481 e. The van der Waals surface area contributed by atoms with Crippen LogP contribution < -0.4 is 0 Å². The fourth-order valence-electron chi connectivity index (χ4n) is 1.94. The number of carbonyl (C=O) groups excluding carboxylic acids is 1. The molecule has 0 aromatic heterocycles. The van der Waals surface area contributed by atoms with Crippen molar-refractivity contribution in [3.63, 3.8) is 0 Å². The van der Waals surface area contributed by atoms with E-state index in [4.69, 9.17) is 14.6 Å². The monoisotopic (exact) mass is 256 g/mol. The van der Waals surface area contributed by atoms with E-state index in [1.807, 2.05) is 0 Å². The molecule has 5 heteroatoms. The molecule has 0 spiro atoms. The molecule has 0 bridgehead atoms. The molecule has 1 N–H and O–H groups in total. The molecule has 102 valence electrons. The standard InChI is InChI=1S/C13H20O5/c1-3-17-12(16)18-10-6-4-8-13(2,11(14)15)9-5-7-10/h4,6,10H,3,5,7-9H2,1-2H3,(H,14,15)/b6-4+. The van der Waals surface area contributed by atoms with Crippen LogP contribution in [0.3, 0.4) is 0 Å². The van der Waals surface area contributed by atoms with Crippen LogP contribution in [0.5, 0.6) is 0 Å². The number of carboxylic acid groups (broad SMARTS) is 1. The Balaban J connectivity index is 2.56. The van der Waals surface area contributed by atoms with Crippen LogP contribution in [0.4, 0.5) is 4.79 Å². The number of aliphatic carboxylic acids is 1. The van der Waals surface area contributed by atoms with Crippen LogP contribution in [0.1, 0.15) is 39.5 Å². The summed E-state index contributed by atoms with van der Waals surface area (Å²) in [4.78, 5) is 22.3. The van der Waals surface area contributed by atoms with Gasteiger partial charge in [0.25, 0.3) is 0 Å². The second-order valence-corrected chi connectivity index (χ2v) is 4.73. The largest absolute Gasteiger partial charge is 0.508 e. The zero-order valence-electron chi connectivity index (χ0n) is 10.8. The highest BCUT2D eigenvalue weighted by atomic mass is 16.7. The van der Waals surface area contributed by atoms with Crippen LogP contribution in [-0.2, 0) is 14.3 Å². The van der Waals surface area contributed by atoms with Crippen LogP contribution in [0.2, 0.25) is 0 Å². The second-order valence-electron chi connectivity index (χ2n) is 4.73. The number of hydrogen-bond donors (Lipinski definition) is 1. The molecule has 1 aliphatic rings. The van der Waals surface area contributed by atoms with E-state index in [1.54, 1.807) is 26.0 Å². The van der Waals surface area contributed by atoms with Crippen LogP contribution in [0.25, 0.3) is 0 Å². The molecule has 5 nitrogen and oxygen atoms in total. The molecule has 18 heavy (non-hydrogen) atoms. The summed E-state index contributed by atoms with van der Waals surface area (Å²) in [6.07, 6.45) is 4.89. The molecule has 1 rings (SSSR count). The number of allylic oxidation sites excluding steroid dienone is 1. The average molecular weight is 256 g/mol. The van der Waals surface area contributed by atoms with Crippen molar-refractivity contribution >= 4 is 12.1 Å². The van der Waals surface area contributed by atoms with Crippen molar-refractivity contribution in [2.24, 2.45) is 5.41 Å². The van der Waals surface area contributed by atoms with Crippen molar-refractivity contribution in [3.8, 4) is 0 Å². The highest BCUT2D eigenvalue weighted by Crippen LogP contribution is 2.31. The van der Waals surface area contributed by atoms with E-state index in [-0.39, 0.29) is 12.7 Å². The van der Waals surface area contributed by atoms with Crippen LogP contribution >= 0.6 is 0 Å². The van der Waals surface area contributed by atoms with E-state index >= 15 is 0 Å². The number of carbonyl (C=O) groups is 2. The second kappa shape index (κ2) is 6.42. The maximum absolute atomic E-state index is 11.2. The fraction of sp³-hybridized carbons (Fsp3) is 0.692. The molecule has 2 unspecified atom stereocenters. The Bertz CT molecular complexity index is 336. The molecule has 0 amide bonds. The summed E-state index contributed by atoms with van der Waals surface area (Å²) in [6.45, 7) is 3.74. The third-order valence-electron chi connectivity index (χ3n) is 3.16. The highest BCUT2D eigenvalue weighted by molar-refractivity contribution is 5.74. The molecule has 0 aliphatic heterocycles. The predicted octanol–water partition coefficient (Wildman–Crippen LogP) is 2.75. The van der Waals surface area contributed by atoms with E-state index in [0.717, 1.165) is 0 Å². The maximum Gasteiger partial charge on any atom is 0.508 e. The topological polar surface area (TPSA) is 72.8 Å². The van der Waals surface area contributed by atoms with Gasteiger partial charge in [0.1, 0.15) is 6.10 Å². The van der Waals surface area contributed by atoms with Crippen molar-refractivity contribution < 1.29 is 24.2 Å². The third-order valence-corrected chi connectivity index (χ3v) is 3.16. The van der Waals surface area contributed by atoms with Gasteiger partial charge in [-0.3, -0.25) is 4.79 Å². The van der Waals surface area contributed by atoms with Crippen LogP contribution in [0, 0.1) is 5.41 Å². The van der Waals surface area contributed by atoms with Gasteiger partial charge in [-0.05, 0) is 45.6 Å². The lowest BCUT2D eigenvalue weighted by molar-refractivity contribution is -0.148. The lowest BCUT2D eigenvalue weighted by Gasteiger charge is -2.26. The molecule has 0 heterocycles. The molecule has 1 aliphatic carbocycles. The Labute approximate surface area is 107 Å². The van der Waals surface area contributed by atoms with Crippen LogP contribution in [0.15, 0.2) is 12.2 Å². The molecular weight excluding hydrogens is 236 g/mol. The van der Waals surface area contributed by atoms with Gasteiger partial charge in [-0.15, -0.1) is 0 Å². The highest BCUT2D eigenvalue weighted by Gasteiger charge is 2.32. The number of ether oxygens (including phenoxy) is 2. The summed E-state index contributed by atoms with van der Waals surface area (Å²) in [5, 5.41) is 9.16. The van der Waals surface area contributed by atoms with Gasteiger partial charge in [-0.25, -0.2) is 4.79 Å². The minimum absolute atomic E-state index is 0.284. The molecule has 2 atom stereocenters. The minimum Gasteiger partial charge on any atom is -0.481 e. The Morgan fingerprint density at radius 2 is 2.22 bits per heavy atom. The third kappa shape index (κ3) is 4.05. The zero-order valence-corrected chi connectivity index (χ0v) is 10.8. The average Bonchev–Trinajstić information content (AvgIpc) is 2.26. The van der Waals surface area contributed by atoms with E-state index in [9.17, 15) is 9.59 Å². The molecule has 0 fully saturated rings. The van der Waals surface area contributed by atoms with Gasteiger partial charge in [-0.2, -0.15) is 0 Å². The first-order valence-corrected chi connectivity index (χ1v) is 6.21. The lowest BCUT2D eigenvalue weighted by atomic mass is 9.80. The number of hydrogen-bond acceptors (Lipinski definition) is 4. The quantitative estimate of drug-likeness (QED) is 0.621. The molecule has 0 aromatic rings. The first kappa shape index (κ1) is 14.5. The van der Waals surface area contributed by atoms with E-state index < -0.39 is 17.5 Å². The lowest BCUT2D eigenvalue weighted by Crippen LogP contribution is -2.29. The van der Waals surface area contributed by atoms with Gasteiger partial charge in [0.15, 0.2) is 0 Å². The van der Waals surface area contributed by atoms with Gasteiger partial charge in [-0.1, -0.05) is 6.08 Å². The first-order chi connectivity index (χ1) is 8.48. The van der Waals surface area contributed by atoms with Gasteiger partial charge < -0.3 is 14.6 Å². The predicted molar refractivity (Wildman–Crippen MR) is 65.2 cm³/mol. The summed E-state index contributed by atoms with van der Waals surface area (Å²) in [5.74, 6) is -0.781. The zero-order chi connectivity index (χ0) is 13.6. The van der Waals surface area contributed by atoms with Gasteiger partial charge >= 0.3 is 12.1 Å². The Kier molecular flexibility index (Phi) is 5.19. The minimum atomic E-state index is -0.781. The van der Waals surface area contributed by atoms with Crippen molar-refractivity contribution in [1.29, 1.82) is 0 Å². The van der Waals surface area contributed by atoms with Crippen molar-refractivity contribution in [2.45, 2.75) is 45.6 Å². The Morgan fingerprint density at radius 1 is 1.50 bits per heavy atom. The molecule has 0 aromatic carbocycles. The summed E-state index contributed by atoms with van der Waals surface area (Å²) in [6, 6.07) is 0. The van der Waals surface area contributed by atoms with E-state index in [0.29, 0.717) is 25.7 Å². The summed E-state index contributed by atoms with van der Waals surface area (Å²) in [7, 11) is 0. The maximum atomic E-state index is 11.2. The van der Waals surface area contributed by atoms with Gasteiger partial charge in [0, 0.05) is 0 Å². The number of carboxylic acids is 1. The Hall–Kier alpha value is -1.52. The molecule has 0 saturated heterocycles. The van der Waals surface area contributed by atoms with E-state index in [2.05, 4.69) is 0 Å². The molecule has 0 saturated carbocycles. The van der Waals surface area contributed by atoms with Crippen molar-refractivity contribution in [2.75, 3.05) is 6.61 Å².